The summed E-state index contributed by atoms with van der Waals surface area (Å²) in [6.45, 7) is 8.96. The molecule has 0 aliphatic carbocycles. The van der Waals surface area contributed by atoms with Gasteiger partial charge in [0.25, 0.3) is 0 Å². The Balaban J connectivity index is 1.65. The molecule has 0 saturated carbocycles. The van der Waals surface area contributed by atoms with Gasteiger partial charge in [0.05, 0.1) is 24.3 Å². The second-order valence-electron chi connectivity index (χ2n) is 7.98. The molecule has 31 heavy (non-hydrogen) atoms. The van der Waals surface area contributed by atoms with E-state index in [1.54, 1.807) is 7.11 Å². The summed E-state index contributed by atoms with van der Waals surface area (Å²) in [5.41, 5.74) is 3.98. The molecule has 0 atom stereocenters. The molecule has 0 radical (unpaired) electrons. The van der Waals surface area contributed by atoms with Crippen molar-refractivity contribution >= 4 is 21.9 Å². The Morgan fingerprint density at radius 1 is 0.968 bits per heavy atom. The lowest BCUT2D eigenvalue weighted by molar-refractivity contribution is 0.125. The molecule has 2 heterocycles. The molecule has 0 saturated heterocycles. The molecule has 162 valence electrons. The lowest BCUT2D eigenvalue weighted by atomic mass is 10.1. The summed E-state index contributed by atoms with van der Waals surface area (Å²) >= 11 is 0. The molecule has 0 spiro atoms. The predicted octanol–water partition coefficient (Wildman–Crippen LogP) is 5.36. The quantitative estimate of drug-likeness (QED) is 0.365. The van der Waals surface area contributed by atoms with E-state index in [-0.39, 0.29) is 0 Å². The normalized spacial score (nSPS) is 11.5. The van der Waals surface area contributed by atoms with Gasteiger partial charge in [0.1, 0.15) is 36.1 Å². The van der Waals surface area contributed by atoms with Crippen molar-refractivity contribution in [1.29, 1.82) is 0 Å². The molecule has 0 aliphatic rings. The lowest BCUT2D eigenvalue weighted by Gasteiger charge is -2.13. The molecule has 4 rings (SSSR count). The van der Waals surface area contributed by atoms with Crippen LogP contribution in [0.2, 0.25) is 0 Å². The average molecular weight is 420 g/mol. The highest BCUT2D eigenvalue weighted by molar-refractivity contribution is 6.02. The molecule has 0 amide bonds. The summed E-state index contributed by atoms with van der Waals surface area (Å²) < 4.78 is 19.2. The van der Waals surface area contributed by atoms with Gasteiger partial charge in [-0.05, 0) is 42.7 Å². The van der Waals surface area contributed by atoms with Gasteiger partial charge in [-0.3, -0.25) is 4.98 Å². The van der Waals surface area contributed by atoms with Gasteiger partial charge in [-0.25, -0.2) is 4.98 Å². The summed E-state index contributed by atoms with van der Waals surface area (Å²) in [5.74, 6) is 3.07. The number of aromatic nitrogens is 3. The summed E-state index contributed by atoms with van der Waals surface area (Å²) in [4.78, 5) is 9.45. The highest BCUT2D eigenvalue weighted by atomic mass is 16.5. The van der Waals surface area contributed by atoms with Gasteiger partial charge in [-0.2, -0.15) is 0 Å². The highest BCUT2D eigenvalue weighted by Gasteiger charge is 2.16. The van der Waals surface area contributed by atoms with Gasteiger partial charge < -0.3 is 18.8 Å². The Morgan fingerprint density at radius 2 is 1.74 bits per heavy atom. The number of hydrogen-bond donors (Lipinski definition) is 0. The van der Waals surface area contributed by atoms with Crippen molar-refractivity contribution in [3.63, 3.8) is 0 Å². The van der Waals surface area contributed by atoms with Gasteiger partial charge in [-0.1, -0.05) is 26.0 Å². The van der Waals surface area contributed by atoms with Crippen LogP contribution in [0.4, 0.5) is 0 Å². The van der Waals surface area contributed by atoms with Gasteiger partial charge in [0.15, 0.2) is 0 Å². The monoisotopic (exact) mass is 419 g/mol. The smallest absolute Gasteiger partial charge is 0.136 e. The van der Waals surface area contributed by atoms with Crippen molar-refractivity contribution in [2.75, 3.05) is 13.7 Å². The maximum Gasteiger partial charge on any atom is 0.136 e. The van der Waals surface area contributed by atoms with Crippen LogP contribution in [-0.4, -0.2) is 28.3 Å². The number of nitrogens with zero attached hydrogens (tertiary/aromatic N) is 3. The SMILES string of the molecule is CCOCc1nc2cnc3cc(OCc4ccc(OC)cc4)ccc3c2n1CC(C)C. The molecule has 0 unspecified atom stereocenters. The first-order chi connectivity index (χ1) is 15.1. The van der Waals surface area contributed by atoms with Gasteiger partial charge in [-0.15, -0.1) is 0 Å². The summed E-state index contributed by atoms with van der Waals surface area (Å²) in [5, 5.41) is 1.07. The second-order valence-corrected chi connectivity index (χ2v) is 7.98. The molecule has 2 aromatic heterocycles. The number of methoxy groups -OCH3 is 1. The van der Waals surface area contributed by atoms with Crippen LogP contribution in [0.25, 0.3) is 21.9 Å². The van der Waals surface area contributed by atoms with Gasteiger partial charge >= 0.3 is 0 Å². The Labute approximate surface area is 182 Å². The fraction of sp³-hybridized carbons (Fsp3) is 0.360. The molecule has 4 aromatic rings. The minimum Gasteiger partial charge on any atom is -0.497 e. The van der Waals surface area contributed by atoms with E-state index in [1.807, 2.05) is 49.5 Å². The van der Waals surface area contributed by atoms with Crippen LogP contribution in [-0.2, 0) is 24.5 Å². The van der Waals surface area contributed by atoms with Crippen molar-refractivity contribution in [2.24, 2.45) is 5.92 Å². The predicted molar refractivity (Wildman–Crippen MR) is 123 cm³/mol. The molecular formula is C25H29N3O3. The highest BCUT2D eigenvalue weighted by Crippen LogP contribution is 2.29. The van der Waals surface area contributed by atoms with Crippen molar-refractivity contribution in [3.8, 4) is 11.5 Å². The lowest BCUT2D eigenvalue weighted by Crippen LogP contribution is -2.10. The van der Waals surface area contributed by atoms with E-state index in [4.69, 9.17) is 19.2 Å². The molecular weight excluding hydrogens is 390 g/mol. The van der Waals surface area contributed by atoms with E-state index in [1.165, 1.54) is 0 Å². The van der Waals surface area contributed by atoms with Crippen LogP contribution < -0.4 is 9.47 Å². The maximum absolute atomic E-state index is 6.02. The zero-order valence-corrected chi connectivity index (χ0v) is 18.6. The fourth-order valence-electron chi connectivity index (χ4n) is 3.69. The fourth-order valence-corrected chi connectivity index (χ4v) is 3.69. The van der Waals surface area contributed by atoms with E-state index in [2.05, 4.69) is 29.5 Å². The Bertz CT molecular complexity index is 1170. The van der Waals surface area contributed by atoms with Crippen LogP contribution >= 0.6 is 0 Å². The third kappa shape index (κ3) is 4.64. The first kappa shape index (κ1) is 21.1. The van der Waals surface area contributed by atoms with Crippen LogP contribution in [0.15, 0.2) is 48.7 Å². The van der Waals surface area contributed by atoms with Crippen molar-refractivity contribution in [2.45, 2.75) is 40.5 Å². The van der Waals surface area contributed by atoms with Crippen LogP contribution in [0, 0.1) is 5.92 Å². The minimum atomic E-state index is 0.488. The maximum atomic E-state index is 6.02. The van der Waals surface area contributed by atoms with E-state index in [0.717, 1.165) is 51.4 Å². The first-order valence-electron chi connectivity index (χ1n) is 10.7. The molecule has 0 fully saturated rings. The average Bonchev–Trinajstić information content (AvgIpc) is 3.13. The molecule has 0 bridgehead atoms. The number of hydrogen-bond acceptors (Lipinski definition) is 5. The molecule has 6 nitrogen and oxygen atoms in total. The Morgan fingerprint density at radius 3 is 2.45 bits per heavy atom. The number of benzene rings is 2. The third-order valence-electron chi connectivity index (χ3n) is 5.17. The molecule has 0 aliphatic heterocycles. The molecule has 0 N–H and O–H groups in total. The zero-order chi connectivity index (χ0) is 21.8. The van der Waals surface area contributed by atoms with Gasteiger partial charge in [0, 0.05) is 24.6 Å². The number of rotatable bonds is 9. The zero-order valence-electron chi connectivity index (χ0n) is 18.6. The molecule has 6 heteroatoms. The van der Waals surface area contributed by atoms with E-state index in [0.29, 0.717) is 25.7 Å². The minimum absolute atomic E-state index is 0.488. The largest absolute Gasteiger partial charge is 0.497 e. The number of fused-ring (bicyclic) bond motifs is 3. The van der Waals surface area contributed by atoms with Crippen molar-refractivity contribution in [3.05, 3.63) is 60.0 Å². The van der Waals surface area contributed by atoms with E-state index >= 15 is 0 Å². The summed E-state index contributed by atoms with van der Waals surface area (Å²) in [6.07, 6.45) is 1.84. The number of pyridine rings is 1. The van der Waals surface area contributed by atoms with E-state index in [9.17, 15) is 0 Å². The van der Waals surface area contributed by atoms with Crippen molar-refractivity contribution in [1.82, 2.24) is 14.5 Å². The van der Waals surface area contributed by atoms with Crippen molar-refractivity contribution < 1.29 is 14.2 Å². The first-order valence-corrected chi connectivity index (χ1v) is 10.7. The second kappa shape index (κ2) is 9.35. The Kier molecular flexibility index (Phi) is 6.37. The molecule has 2 aromatic carbocycles. The summed E-state index contributed by atoms with van der Waals surface area (Å²) in [6, 6.07) is 14.0. The standard InChI is InChI=1S/C25H29N3O3/c1-5-30-16-24-27-23-13-26-22-12-20(31-15-18-6-8-19(29-4)9-7-18)10-11-21(22)25(23)28(24)14-17(2)3/h6-13,17H,5,14-16H2,1-4H3. The topological polar surface area (TPSA) is 58.4 Å². The number of imidazole rings is 1. The van der Waals surface area contributed by atoms with Crippen LogP contribution in [0.5, 0.6) is 11.5 Å². The third-order valence-corrected chi connectivity index (χ3v) is 5.17. The Hall–Kier alpha value is -3.12. The number of ether oxygens (including phenoxy) is 3. The van der Waals surface area contributed by atoms with Crippen LogP contribution in [0.1, 0.15) is 32.2 Å². The summed E-state index contributed by atoms with van der Waals surface area (Å²) in [7, 11) is 1.66. The van der Waals surface area contributed by atoms with Gasteiger partial charge in [0.2, 0.25) is 0 Å². The van der Waals surface area contributed by atoms with E-state index < -0.39 is 0 Å². The van der Waals surface area contributed by atoms with Crippen LogP contribution in [0.3, 0.4) is 0 Å².